The molecule has 36 heavy (non-hydrogen) atoms. The van der Waals surface area contributed by atoms with Crippen molar-refractivity contribution in [3.05, 3.63) is 115 Å². The topological polar surface area (TPSA) is 80.9 Å². The van der Waals surface area contributed by atoms with E-state index in [2.05, 4.69) is 9.97 Å². The smallest absolute Gasteiger partial charge is 0.333 e. The zero-order valence-corrected chi connectivity index (χ0v) is 20.5. The second-order valence-electron chi connectivity index (χ2n) is 8.08. The molecule has 6 rings (SSSR count). The van der Waals surface area contributed by atoms with Gasteiger partial charge in [0.2, 0.25) is 11.3 Å². The van der Waals surface area contributed by atoms with E-state index in [0.29, 0.717) is 21.1 Å². The molecule has 0 saturated heterocycles. The molecular formula is C27H14Cl3N3O3. The first-order chi connectivity index (χ1) is 17.4. The third kappa shape index (κ3) is 3.71. The Morgan fingerprint density at radius 3 is 2.28 bits per heavy atom. The zero-order valence-electron chi connectivity index (χ0n) is 18.3. The fraction of sp³-hybridized carbons (Fsp3) is 0. The first-order valence-electron chi connectivity index (χ1n) is 10.8. The predicted octanol–water partition coefficient (Wildman–Crippen LogP) is 7.11. The monoisotopic (exact) mass is 533 g/mol. The van der Waals surface area contributed by atoms with E-state index in [1.54, 1.807) is 12.1 Å². The Balaban J connectivity index is 1.69. The van der Waals surface area contributed by atoms with Gasteiger partial charge in [-0.2, -0.15) is 0 Å². The number of aromatic nitrogens is 3. The van der Waals surface area contributed by atoms with Gasteiger partial charge >= 0.3 is 11.2 Å². The second-order valence-corrected chi connectivity index (χ2v) is 9.33. The van der Waals surface area contributed by atoms with Crippen LogP contribution in [0.25, 0.3) is 50.3 Å². The Labute approximate surface area is 218 Å². The zero-order chi connectivity index (χ0) is 25.0. The Bertz CT molecular complexity index is 1910. The molecule has 0 fully saturated rings. The Morgan fingerprint density at radius 2 is 1.56 bits per heavy atom. The van der Waals surface area contributed by atoms with Crippen LogP contribution in [0.15, 0.2) is 92.9 Å². The molecule has 0 radical (unpaired) electrons. The molecular weight excluding hydrogens is 521 g/mol. The molecule has 0 unspecified atom stereocenters. The molecule has 0 aliphatic heterocycles. The SMILES string of the molecule is O=c1[nH]c2c(oc3nc(-c4ccc(Cl)cc4)cc(-c4ccccc4)c32)c(=O)n1-c1ccc(Cl)c(Cl)c1. The highest BCUT2D eigenvalue weighted by Gasteiger charge is 2.22. The number of hydrogen-bond donors (Lipinski definition) is 1. The Hall–Kier alpha value is -3.84. The summed E-state index contributed by atoms with van der Waals surface area (Å²) in [6.45, 7) is 0. The lowest BCUT2D eigenvalue weighted by atomic mass is 10.00. The average Bonchev–Trinajstić information content (AvgIpc) is 3.25. The normalized spacial score (nSPS) is 11.4. The molecule has 3 heterocycles. The number of nitrogens with one attached hydrogen (secondary N) is 1. The molecule has 1 N–H and O–H groups in total. The van der Waals surface area contributed by atoms with Crippen molar-refractivity contribution in [1.29, 1.82) is 0 Å². The van der Waals surface area contributed by atoms with E-state index in [0.717, 1.165) is 21.3 Å². The first-order valence-corrected chi connectivity index (χ1v) is 11.9. The van der Waals surface area contributed by atoms with Crippen LogP contribution in [0.5, 0.6) is 0 Å². The lowest BCUT2D eigenvalue weighted by Gasteiger charge is -2.08. The van der Waals surface area contributed by atoms with Gasteiger partial charge in [0, 0.05) is 10.6 Å². The van der Waals surface area contributed by atoms with Gasteiger partial charge in [0.1, 0.15) is 5.52 Å². The van der Waals surface area contributed by atoms with E-state index < -0.39 is 11.2 Å². The largest absolute Gasteiger partial charge is 0.430 e. The summed E-state index contributed by atoms with van der Waals surface area (Å²) in [7, 11) is 0. The predicted molar refractivity (Wildman–Crippen MR) is 144 cm³/mol. The summed E-state index contributed by atoms with van der Waals surface area (Å²) in [6.07, 6.45) is 0. The van der Waals surface area contributed by atoms with Gasteiger partial charge in [0.15, 0.2) is 0 Å². The van der Waals surface area contributed by atoms with Gasteiger partial charge in [-0.05, 0) is 47.5 Å². The highest BCUT2D eigenvalue weighted by molar-refractivity contribution is 6.42. The summed E-state index contributed by atoms with van der Waals surface area (Å²) in [5.74, 6) is 0. The lowest BCUT2D eigenvalue weighted by molar-refractivity contribution is 0.642. The van der Waals surface area contributed by atoms with E-state index in [-0.39, 0.29) is 27.5 Å². The third-order valence-corrected chi connectivity index (χ3v) is 6.87. The van der Waals surface area contributed by atoms with Crippen molar-refractivity contribution in [3.63, 3.8) is 0 Å². The number of furan rings is 1. The van der Waals surface area contributed by atoms with Crippen molar-refractivity contribution in [1.82, 2.24) is 14.5 Å². The fourth-order valence-electron chi connectivity index (χ4n) is 4.20. The molecule has 3 aromatic heterocycles. The molecule has 0 atom stereocenters. The summed E-state index contributed by atoms with van der Waals surface area (Å²) < 4.78 is 6.96. The standard InChI is InChI=1S/C27H14Cl3N3O3/c28-16-8-6-15(7-9-16)21-13-18(14-4-2-1-3-5-14)22-23-24(36-25(22)31-21)26(34)33(27(35)32-23)17-10-11-19(29)20(30)12-17/h1-13H,(H,32,35). The van der Waals surface area contributed by atoms with Crippen LogP contribution >= 0.6 is 34.8 Å². The molecule has 9 heteroatoms. The van der Waals surface area contributed by atoms with Crippen molar-refractivity contribution in [2.75, 3.05) is 0 Å². The van der Waals surface area contributed by atoms with E-state index in [4.69, 9.17) is 39.2 Å². The molecule has 0 aliphatic carbocycles. The van der Waals surface area contributed by atoms with Crippen LogP contribution in [0.1, 0.15) is 0 Å². The van der Waals surface area contributed by atoms with Gasteiger partial charge in [-0.15, -0.1) is 0 Å². The maximum absolute atomic E-state index is 13.5. The van der Waals surface area contributed by atoms with Gasteiger partial charge in [-0.3, -0.25) is 4.79 Å². The maximum atomic E-state index is 13.5. The number of pyridine rings is 1. The van der Waals surface area contributed by atoms with Crippen molar-refractivity contribution in [2.45, 2.75) is 0 Å². The van der Waals surface area contributed by atoms with Crippen LogP contribution < -0.4 is 11.2 Å². The fourth-order valence-corrected chi connectivity index (χ4v) is 4.62. The van der Waals surface area contributed by atoms with E-state index in [9.17, 15) is 9.59 Å². The Morgan fingerprint density at radius 1 is 0.806 bits per heavy atom. The summed E-state index contributed by atoms with van der Waals surface area (Å²) in [6, 6.07) is 23.3. The van der Waals surface area contributed by atoms with E-state index >= 15 is 0 Å². The van der Waals surface area contributed by atoms with Crippen LogP contribution in [-0.2, 0) is 0 Å². The van der Waals surface area contributed by atoms with Gasteiger partial charge in [0.05, 0.1) is 26.8 Å². The first kappa shape index (κ1) is 22.6. The maximum Gasteiger partial charge on any atom is 0.333 e. The highest BCUT2D eigenvalue weighted by atomic mass is 35.5. The van der Waals surface area contributed by atoms with Crippen LogP contribution in [-0.4, -0.2) is 14.5 Å². The molecule has 0 bridgehead atoms. The molecule has 6 nitrogen and oxygen atoms in total. The molecule has 0 spiro atoms. The number of halogens is 3. The summed E-state index contributed by atoms with van der Waals surface area (Å²) in [5, 5.41) is 1.66. The van der Waals surface area contributed by atoms with Gasteiger partial charge in [-0.25, -0.2) is 14.3 Å². The molecule has 0 amide bonds. The van der Waals surface area contributed by atoms with Crippen LogP contribution in [0.4, 0.5) is 0 Å². The van der Waals surface area contributed by atoms with Crippen molar-refractivity contribution in [2.24, 2.45) is 0 Å². The average molecular weight is 535 g/mol. The highest BCUT2D eigenvalue weighted by Crippen LogP contribution is 2.36. The number of aromatic amines is 1. The minimum atomic E-state index is -0.644. The number of hydrogen-bond acceptors (Lipinski definition) is 4. The van der Waals surface area contributed by atoms with Crippen molar-refractivity contribution >= 4 is 57.0 Å². The molecule has 0 aliphatic rings. The molecule has 3 aromatic carbocycles. The molecule has 6 aromatic rings. The third-order valence-electron chi connectivity index (χ3n) is 5.88. The summed E-state index contributed by atoms with van der Waals surface area (Å²) in [4.78, 5) is 34.1. The number of rotatable bonds is 3. The number of nitrogens with zero attached hydrogens (tertiary/aromatic N) is 2. The van der Waals surface area contributed by atoms with Crippen molar-refractivity contribution in [3.8, 4) is 28.1 Å². The van der Waals surface area contributed by atoms with Crippen LogP contribution in [0.3, 0.4) is 0 Å². The minimum absolute atomic E-state index is 0.0337. The summed E-state index contributed by atoms with van der Waals surface area (Å²) in [5.41, 5.74) is 2.51. The van der Waals surface area contributed by atoms with E-state index in [1.165, 1.54) is 18.2 Å². The van der Waals surface area contributed by atoms with Crippen molar-refractivity contribution < 1.29 is 4.42 Å². The summed E-state index contributed by atoms with van der Waals surface area (Å²) >= 11 is 18.2. The minimum Gasteiger partial charge on any atom is -0.430 e. The number of benzene rings is 3. The molecule has 176 valence electrons. The second kappa shape index (κ2) is 8.68. The van der Waals surface area contributed by atoms with Gasteiger partial charge in [-0.1, -0.05) is 77.3 Å². The quantitative estimate of drug-likeness (QED) is 0.262. The van der Waals surface area contributed by atoms with Crippen LogP contribution in [0.2, 0.25) is 15.1 Å². The van der Waals surface area contributed by atoms with E-state index in [1.807, 2.05) is 48.5 Å². The lowest BCUT2D eigenvalue weighted by Crippen LogP contribution is -2.33. The number of H-pyrrole nitrogens is 1. The number of fused-ring (bicyclic) bond motifs is 3. The molecule has 0 saturated carbocycles. The van der Waals surface area contributed by atoms with Gasteiger partial charge < -0.3 is 9.40 Å². The van der Waals surface area contributed by atoms with Crippen LogP contribution in [0, 0.1) is 0 Å². The van der Waals surface area contributed by atoms with Gasteiger partial charge in [0.25, 0.3) is 0 Å². The Kier molecular flexibility index (Phi) is 5.45.